The summed E-state index contributed by atoms with van der Waals surface area (Å²) in [5, 5.41) is 2.18. The third kappa shape index (κ3) is 4.62. The van der Waals surface area contributed by atoms with Crippen LogP contribution in [0.15, 0.2) is 60.7 Å². The molecule has 0 bridgehead atoms. The van der Waals surface area contributed by atoms with Crippen molar-refractivity contribution in [3.05, 3.63) is 66.2 Å². The van der Waals surface area contributed by atoms with Crippen LogP contribution in [-0.2, 0) is 20.9 Å². The first-order valence-electron chi connectivity index (χ1n) is 11.7. The highest BCUT2D eigenvalue weighted by Gasteiger charge is 2.31. The first-order valence-corrected chi connectivity index (χ1v) is 11.7. The minimum Gasteiger partial charge on any atom is -0.479 e. The van der Waals surface area contributed by atoms with Crippen molar-refractivity contribution in [1.82, 2.24) is 4.90 Å². The molecule has 2 aliphatic heterocycles. The van der Waals surface area contributed by atoms with E-state index in [0.29, 0.717) is 36.9 Å². The lowest BCUT2D eigenvalue weighted by molar-refractivity contribution is -0.134. The molecule has 1 amide bonds. The summed E-state index contributed by atoms with van der Waals surface area (Å²) >= 11 is 0. The second-order valence-electron chi connectivity index (χ2n) is 8.59. The molecule has 3 aromatic rings. The number of rotatable bonds is 6. The van der Waals surface area contributed by atoms with Crippen molar-refractivity contribution in [2.24, 2.45) is 0 Å². The van der Waals surface area contributed by atoms with Crippen LogP contribution in [0.5, 0.6) is 11.5 Å². The molecule has 5 rings (SSSR count). The summed E-state index contributed by atoms with van der Waals surface area (Å²) in [4.78, 5) is 29.5. The number of benzene rings is 3. The van der Waals surface area contributed by atoms with Crippen LogP contribution in [0.4, 0.5) is 5.69 Å². The van der Waals surface area contributed by atoms with E-state index < -0.39 is 6.10 Å². The number of amides is 1. The molecule has 1 fully saturated rings. The molecule has 1 saturated heterocycles. The number of nitrogens with zero attached hydrogens (tertiary/aromatic N) is 2. The number of hydrogen-bond donors (Lipinski definition) is 0. The Morgan fingerprint density at radius 1 is 1.03 bits per heavy atom. The molecular formula is C27H28N2O5. The van der Waals surface area contributed by atoms with Gasteiger partial charge in [0.1, 0.15) is 11.5 Å². The van der Waals surface area contributed by atoms with E-state index in [2.05, 4.69) is 17.0 Å². The van der Waals surface area contributed by atoms with Gasteiger partial charge in [0.2, 0.25) is 0 Å². The molecule has 34 heavy (non-hydrogen) atoms. The maximum absolute atomic E-state index is 12.9. The Hall–Kier alpha value is -3.42. The van der Waals surface area contributed by atoms with Gasteiger partial charge < -0.3 is 19.1 Å². The van der Waals surface area contributed by atoms with Gasteiger partial charge in [-0.05, 0) is 35.9 Å². The van der Waals surface area contributed by atoms with Crippen LogP contribution < -0.4 is 14.4 Å². The number of ether oxygens (including phenoxy) is 3. The first kappa shape index (κ1) is 22.4. The molecule has 0 N–H and O–H groups in total. The van der Waals surface area contributed by atoms with Gasteiger partial charge in [-0.15, -0.1) is 0 Å². The molecule has 1 unspecified atom stereocenters. The maximum Gasteiger partial charge on any atom is 0.313 e. The molecule has 2 aliphatic rings. The van der Waals surface area contributed by atoms with Gasteiger partial charge in [-0.2, -0.15) is 0 Å². The van der Waals surface area contributed by atoms with Crippen LogP contribution >= 0.6 is 0 Å². The van der Waals surface area contributed by atoms with Crippen molar-refractivity contribution in [1.29, 1.82) is 0 Å². The molecule has 0 radical (unpaired) electrons. The number of anilines is 1. The van der Waals surface area contributed by atoms with Gasteiger partial charge in [0.25, 0.3) is 5.91 Å². The van der Waals surface area contributed by atoms with E-state index in [4.69, 9.17) is 14.2 Å². The molecule has 2 heterocycles. The smallest absolute Gasteiger partial charge is 0.313 e. The van der Waals surface area contributed by atoms with Gasteiger partial charge in [0, 0.05) is 31.7 Å². The Labute approximate surface area is 198 Å². The number of morpholine rings is 1. The Kier molecular flexibility index (Phi) is 6.47. The van der Waals surface area contributed by atoms with Gasteiger partial charge in [-0.25, -0.2) is 0 Å². The van der Waals surface area contributed by atoms with Crippen molar-refractivity contribution in [3.63, 3.8) is 0 Å². The second-order valence-corrected chi connectivity index (χ2v) is 8.59. The third-order valence-electron chi connectivity index (χ3n) is 6.32. The highest BCUT2D eigenvalue weighted by molar-refractivity contribution is 6.00. The fourth-order valence-electron chi connectivity index (χ4n) is 4.52. The van der Waals surface area contributed by atoms with E-state index in [0.717, 1.165) is 29.4 Å². The van der Waals surface area contributed by atoms with Gasteiger partial charge in [0.05, 0.1) is 25.3 Å². The summed E-state index contributed by atoms with van der Waals surface area (Å²) in [6, 6.07) is 19.3. The lowest BCUT2D eigenvalue weighted by Gasteiger charge is -2.32. The zero-order valence-corrected chi connectivity index (χ0v) is 19.2. The molecule has 0 spiro atoms. The fourth-order valence-corrected chi connectivity index (χ4v) is 4.52. The summed E-state index contributed by atoms with van der Waals surface area (Å²) in [6.45, 7) is 5.72. The topological polar surface area (TPSA) is 68.3 Å². The van der Waals surface area contributed by atoms with Crippen molar-refractivity contribution in [2.45, 2.75) is 26.0 Å². The first-order chi connectivity index (χ1) is 16.6. The SMILES string of the molecule is CC1Oc2ccccc2N(CCC(=O)Oc2ccc3ccccc3c2CN2CCOCC2)C1=O. The normalized spacial score (nSPS) is 18.4. The van der Waals surface area contributed by atoms with Crippen molar-refractivity contribution in [3.8, 4) is 11.5 Å². The van der Waals surface area contributed by atoms with Gasteiger partial charge in [-0.3, -0.25) is 14.5 Å². The number of esters is 1. The summed E-state index contributed by atoms with van der Waals surface area (Å²) in [6.07, 6.45) is -0.511. The molecular weight excluding hydrogens is 432 g/mol. The van der Waals surface area contributed by atoms with E-state index in [9.17, 15) is 9.59 Å². The highest BCUT2D eigenvalue weighted by Crippen LogP contribution is 2.34. The molecule has 176 valence electrons. The maximum atomic E-state index is 12.9. The molecule has 0 aliphatic carbocycles. The molecule has 3 aromatic carbocycles. The van der Waals surface area contributed by atoms with Crippen molar-refractivity contribution >= 4 is 28.3 Å². The minimum atomic E-state index is -0.591. The Balaban J connectivity index is 1.33. The summed E-state index contributed by atoms with van der Waals surface area (Å²) < 4.78 is 17.0. The van der Waals surface area contributed by atoms with Crippen LogP contribution in [0.1, 0.15) is 18.9 Å². The third-order valence-corrected chi connectivity index (χ3v) is 6.32. The van der Waals surface area contributed by atoms with Crippen LogP contribution in [-0.4, -0.2) is 55.7 Å². The van der Waals surface area contributed by atoms with Gasteiger partial charge in [-0.1, -0.05) is 42.5 Å². The molecule has 0 saturated carbocycles. The lowest BCUT2D eigenvalue weighted by atomic mass is 10.0. The molecule has 0 aromatic heterocycles. The van der Waals surface area contributed by atoms with Crippen molar-refractivity contribution in [2.75, 3.05) is 37.7 Å². The van der Waals surface area contributed by atoms with Crippen LogP contribution in [0.25, 0.3) is 10.8 Å². The average molecular weight is 461 g/mol. The Bertz CT molecular complexity index is 1200. The van der Waals surface area contributed by atoms with Crippen LogP contribution in [0, 0.1) is 0 Å². The van der Waals surface area contributed by atoms with E-state index in [1.54, 1.807) is 11.8 Å². The summed E-state index contributed by atoms with van der Waals surface area (Å²) in [5.41, 5.74) is 1.67. The largest absolute Gasteiger partial charge is 0.479 e. The van der Waals surface area contributed by atoms with Crippen LogP contribution in [0.2, 0.25) is 0 Å². The predicted octanol–water partition coefficient (Wildman–Crippen LogP) is 3.78. The molecule has 7 nitrogen and oxygen atoms in total. The standard InChI is InChI=1S/C27H28N2O5/c1-19-27(31)29(23-8-4-5-9-25(23)33-19)13-12-26(30)34-24-11-10-20-6-2-3-7-21(20)22(24)18-28-14-16-32-17-15-28/h2-11,19H,12-18H2,1H3. The zero-order chi connectivity index (χ0) is 23.5. The number of para-hydroxylation sites is 2. The molecule has 7 heteroatoms. The number of carbonyl (C=O) groups is 2. The van der Waals surface area contributed by atoms with Crippen molar-refractivity contribution < 1.29 is 23.8 Å². The minimum absolute atomic E-state index is 0.0800. The van der Waals surface area contributed by atoms with Gasteiger partial charge >= 0.3 is 5.97 Å². The van der Waals surface area contributed by atoms with Crippen LogP contribution in [0.3, 0.4) is 0 Å². The quantitative estimate of drug-likeness (QED) is 0.412. The fraction of sp³-hybridized carbons (Fsp3) is 0.333. The van der Waals surface area contributed by atoms with E-state index >= 15 is 0 Å². The monoisotopic (exact) mass is 460 g/mol. The predicted molar refractivity (Wildman–Crippen MR) is 129 cm³/mol. The van der Waals surface area contributed by atoms with E-state index in [1.165, 1.54) is 0 Å². The van der Waals surface area contributed by atoms with E-state index in [1.807, 2.05) is 48.5 Å². The number of carbonyl (C=O) groups excluding carboxylic acids is 2. The molecule has 1 atom stereocenters. The van der Waals surface area contributed by atoms with Gasteiger partial charge in [0.15, 0.2) is 6.10 Å². The number of hydrogen-bond acceptors (Lipinski definition) is 6. The zero-order valence-electron chi connectivity index (χ0n) is 19.2. The summed E-state index contributed by atoms with van der Waals surface area (Å²) in [5.74, 6) is 0.677. The number of fused-ring (bicyclic) bond motifs is 2. The lowest BCUT2D eigenvalue weighted by Crippen LogP contribution is -2.45. The average Bonchev–Trinajstić information content (AvgIpc) is 2.86. The second kappa shape index (κ2) is 9.83. The van der Waals surface area contributed by atoms with E-state index in [-0.39, 0.29) is 24.8 Å². The Morgan fingerprint density at radius 3 is 2.65 bits per heavy atom. The highest BCUT2D eigenvalue weighted by atomic mass is 16.5. The summed E-state index contributed by atoms with van der Waals surface area (Å²) in [7, 11) is 0. The Morgan fingerprint density at radius 2 is 1.79 bits per heavy atom.